The Balaban J connectivity index is 1.70. The van der Waals surface area contributed by atoms with E-state index in [1.54, 1.807) is 0 Å². The van der Waals surface area contributed by atoms with Crippen molar-refractivity contribution in [3.05, 3.63) is 118 Å². The zero-order chi connectivity index (χ0) is 27.2. The topological polar surface area (TPSA) is 58.2 Å². The van der Waals surface area contributed by atoms with Gasteiger partial charge in [0.2, 0.25) is 0 Å². The van der Waals surface area contributed by atoms with Crippen molar-refractivity contribution in [1.29, 1.82) is 0 Å². The van der Waals surface area contributed by atoms with Gasteiger partial charge in [0.25, 0.3) is 0 Å². The average Bonchev–Trinajstić information content (AvgIpc) is 2.87. The predicted octanol–water partition coefficient (Wildman–Crippen LogP) is 7.99. The third kappa shape index (κ3) is 4.38. The number of benzene rings is 4. The van der Waals surface area contributed by atoms with E-state index in [1.807, 2.05) is 0 Å². The van der Waals surface area contributed by atoms with Gasteiger partial charge in [0.05, 0.1) is 45.0 Å². The summed E-state index contributed by atoms with van der Waals surface area (Å²) >= 11 is 0. The summed E-state index contributed by atoms with van der Waals surface area (Å²) in [7, 11) is 0. The number of carbonyl (C=O) groups excluding carboxylic acids is 2. The summed E-state index contributed by atoms with van der Waals surface area (Å²) in [5, 5.41) is 5.23. The monoisotopic (exact) mass is 526 g/mol. The molecule has 1 aliphatic carbocycles. The largest absolute Gasteiger partial charge is 0.418 e. The van der Waals surface area contributed by atoms with Gasteiger partial charge >= 0.3 is 12.4 Å². The van der Waals surface area contributed by atoms with Crippen LogP contribution < -0.4 is 10.6 Å². The second-order valence-electron chi connectivity index (χ2n) is 8.45. The van der Waals surface area contributed by atoms with Gasteiger partial charge in [0, 0.05) is 11.1 Å². The van der Waals surface area contributed by atoms with Crippen molar-refractivity contribution in [3.63, 3.8) is 0 Å². The molecule has 0 radical (unpaired) electrons. The molecule has 0 fully saturated rings. The summed E-state index contributed by atoms with van der Waals surface area (Å²) in [6.07, 6.45) is -9.42. The Morgan fingerprint density at radius 3 is 1.16 bits per heavy atom. The molecule has 4 aromatic carbocycles. The summed E-state index contributed by atoms with van der Waals surface area (Å²) in [4.78, 5) is 27.1. The number of hydrogen-bond donors (Lipinski definition) is 2. The Morgan fingerprint density at radius 2 is 0.789 bits per heavy atom. The molecule has 0 aromatic heterocycles. The van der Waals surface area contributed by atoms with Crippen LogP contribution in [0.2, 0.25) is 0 Å². The molecule has 4 nitrogen and oxygen atoms in total. The maximum atomic E-state index is 13.6. The van der Waals surface area contributed by atoms with Crippen molar-refractivity contribution in [3.8, 4) is 0 Å². The minimum atomic E-state index is -4.71. The van der Waals surface area contributed by atoms with E-state index in [0.29, 0.717) is 0 Å². The van der Waals surface area contributed by atoms with E-state index in [2.05, 4.69) is 10.6 Å². The fourth-order valence-electron chi connectivity index (χ4n) is 4.40. The van der Waals surface area contributed by atoms with Crippen LogP contribution in [0.3, 0.4) is 0 Å². The molecule has 0 unspecified atom stereocenters. The highest BCUT2D eigenvalue weighted by Crippen LogP contribution is 2.42. The van der Waals surface area contributed by atoms with Crippen LogP contribution >= 0.6 is 0 Å². The standard InChI is InChI=1S/C28H16F6N2O2/c29-27(30,31)17-9-3-5-11-19(17)35-21-13-14-22(36-20-12-6-4-10-18(20)28(32,33)34)24-23(21)25(37)15-7-1-2-8-16(15)26(24)38/h1-14,35-36H. The molecule has 0 saturated heterocycles. The van der Waals surface area contributed by atoms with Crippen molar-refractivity contribution in [2.75, 3.05) is 10.6 Å². The van der Waals surface area contributed by atoms with E-state index < -0.39 is 35.0 Å². The number of para-hydroxylation sites is 2. The maximum absolute atomic E-state index is 13.6. The lowest BCUT2D eigenvalue weighted by Crippen LogP contribution is -2.24. The maximum Gasteiger partial charge on any atom is 0.418 e. The van der Waals surface area contributed by atoms with E-state index in [9.17, 15) is 35.9 Å². The van der Waals surface area contributed by atoms with Crippen molar-refractivity contribution in [2.24, 2.45) is 0 Å². The highest BCUT2D eigenvalue weighted by molar-refractivity contribution is 6.32. The molecule has 0 aliphatic heterocycles. The molecule has 1 aliphatic rings. The summed E-state index contributed by atoms with van der Waals surface area (Å²) in [5.41, 5.74) is -3.34. The molecule has 0 bridgehead atoms. The van der Waals surface area contributed by atoms with Crippen LogP contribution in [0.1, 0.15) is 43.0 Å². The van der Waals surface area contributed by atoms with Crippen molar-refractivity contribution >= 4 is 34.3 Å². The molecule has 0 heterocycles. The molecule has 0 saturated carbocycles. The smallest absolute Gasteiger partial charge is 0.354 e. The normalized spacial score (nSPS) is 13.1. The molecule has 4 aromatic rings. The minimum Gasteiger partial charge on any atom is -0.354 e. The van der Waals surface area contributed by atoms with E-state index in [4.69, 9.17) is 0 Å². The van der Waals surface area contributed by atoms with Gasteiger partial charge in [-0.15, -0.1) is 0 Å². The van der Waals surface area contributed by atoms with Crippen LogP contribution in [-0.2, 0) is 12.4 Å². The summed E-state index contributed by atoms with van der Waals surface area (Å²) in [6, 6.07) is 17.6. The Morgan fingerprint density at radius 1 is 0.447 bits per heavy atom. The first-order chi connectivity index (χ1) is 18.0. The highest BCUT2D eigenvalue weighted by atomic mass is 19.4. The van der Waals surface area contributed by atoms with Crippen LogP contribution in [-0.4, -0.2) is 11.6 Å². The first kappa shape index (κ1) is 25.1. The summed E-state index contributed by atoms with van der Waals surface area (Å²) in [5.74, 6) is -1.31. The number of ketones is 2. The Bertz CT molecular complexity index is 1470. The lowest BCUT2D eigenvalue weighted by Gasteiger charge is -2.25. The average molecular weight is 526 g/mol. The number of halogens is 6. The van der Waals surface area contributed by atoms with Crippen LogP contribution in [0.5, 0.6) is 0 Å². The quantitative estimate of drug-likeness (QED) is 0.233. The zero-order valence-corrected chi connectivity index (χ0v) is 19.2. The van der Waals surface area contributed by atoms with Gasteiger partial charge < -0.3 is 10.6 Å². The van der Waals surface area contributed by atoms with Crippen molar-refractivity contribution in [1.82, 2.24) is 0 Å². The van der Waals surface area contributed by atoms with E-state index in [1.165, 1.54) is 72.8 Å². The van der Waals surface area contributed by atoms with E-state index >= 15 is 0 Å². The number of carbonyl (C=O) groups is 2. The molecule has 38 heavy (non-hydrogen) atoms. The van der Waals surface area contributed by atoms with Gasteiger partial charge in [-0.05, 0) is 36.4 Å². The van der Waals surface area contributed by atoms with Gasteiger partial charge in [0.1, 0.15) is 0 Å². The fourth-order valence-corrected chi connectivity index (χ4v) is 4.40. The first-order valence-corrected chi connectivity index (χ1v) is 11.2. The van der Waals surface area contributed by atoms with E-state index in [-0.39, 0.29) is 45.0 Å². The number of nitrogens with one attached hydrogen (secondary N) is 2. The second kappa shape index (κ2) is 9.05. The lowest BCUT2D eigenvalue weighted by atomic mass is 9.82. The number of rotatable bonds is 4. The van der Waals surface area contributed by atoms with Gasteiger partial charge in [-0.25, -0.2) is 0 Å². The molecule has 2 N–H and O–H groups in total. The van der Waals surface area contributed by atoms with Crippen LogP contribution in [0.4, 0.5) is 49.1 Å². The van der Waals surface area contributed by atoms with Crippen molar-refractivity contribution in [2.45, 2.75) is 12.4 Å². The molecule has 0 atom stereocenters. The second-order valence-corrected chi connectivity index (χ2v) is 8.45. The predicted molar refractivity (Wildman–Crippen MR) is 129 cm³/mol. The van der Waals surface area contributed by atoms with Gasteiger partial charge in [-0.1, -0.05) is 48.5 Å². The fraction of sp³-hybridized carbons (Fsp3) is 0.0714. The minimum absolute atomic E-state index is 0.0324. The number of alkyl halides is 6. The van der Waals surface area contributed by atoms with Crippen LogP contribution in [0.15, 0.2) is 84.9 Å². The summed E-state index contributed by atoms with van der Waals surface area (Å²) in [6.45, 7) is 0. The van der Waals surface area contributed by atoms with Crippen LogP contribution in [0, 0.1) is 0 Å². The SMILES string of the molecule is O=C1c2ccccc2C(=O)c2c(Nc3ccccc3C(F)(F)F)ccc(Nc3ccccc3C(F)(F)F)c21. The highest BCUT2D eigenvalue weighted by Gasteiger charge is 2.37. The third-order valence-electron chi connectivity index (χ3n) is 6.08. The van der Waals surface area contributed by atoms with Crippen LogP contribution in [0.25, 0.3) is 0 Å². The number of fused-ring (bicyclic) bond motifs is 2. The first-order valence-electron chi connectivity index (χ1n) is 11.2. The molecule has 192 valence electrons. The Labute approximate surface area is 211 Å². The zero-order valence-electron chi connectivity index (χ0n) is 19.2. The Hall–Kier alpha value is -4.60. The lowest BCUT2D eigenvalue weighted by molar-refractivity contribution is -0.137. The number of anilines is 4. The molecular weight excluding hydrogens is 510 g/mol. The molecular formula is C28H16F6N2O2. The number of hydrogen-bond acceptors (Lipinski definition) is 4. The summed E-state index contributed by atoms with van der Waals surface area (Å²) < 4.78 is 81.6. The van der Waals surface area contributed by atoms with Gasteiger partial charge in [0.15, 0.2) is 11.6 Å². The Kier molecular flexibility index (Phi) is 5.97. The van der Waals surface area contributed by atoms with Gasteiger partial charge in [-0.3, -0.25) is 9.59 Å². The molecule has 10 heteroatoms. The third-order valence-corrected chi connectivity index (χ3v) is 6.08. The van der Waals surface area contributed by atoms with Crippen molar-refractivity contribution < 1.29 is 35.9 Å². The van der Waals surface area contributed by atoms with E-state index in [0.717, 1.165) is 12.1 Å². The van der Waals surface area contributed by atoms with Gasteiger partial charge in [-0.2, -0.15) is 26.3 Å². The molecule has 5 rings (SSSR count). The molecule has 0 spiro atoms. The molecule has 0 amide bonds.